The maximum Gasteiger partial charge on any atom is 0.338 e. The van der Waals surface area contributed by atoms with Gasteiger partial charge in [0.2, 0.25) is 0 Å². The van der Waals surface area contributed by atoms with Gasteiger partial charge in [-0.3, -0.25) is 14.0 Å². The van der Waals surface area contributed by atoms with Gasteiger partial charge in [0.05, 0.1) is 5.56 Å². The molecule has 1 rings (SSSR count). The highest BCUT2D eigenvalue weighted by Crippen LogP contribution is 2.05. The number of nitrogens with one attached hydrogen (secondary N) is 1. The number of hydrogen-bond acceptors (Lipinski definition) is 4. The first-order valence-corrected chi connectivity index (χ1v) is 6.84. The minimum atomic E-state index is -1.21. The van der Waals surface area contributed by atoms with Crippen LogP contribution in [0.25, 0.3) is 0 Å². The fraction of sp³-hybridized carbons (Fsp3) is 0.364. The van der Waals surface area contributed by atoms with Crippen molar-refractivity contribution in [2.45, 2.75) is 12.2 Å². The third-order valence-corrected chi connectivity index (χ3v) is 3.67. The molecular formula is C11H14N2O4S. The lowest BCUT2D eigenvalue weighted by Gasteiger charge is -2.10. The van der Waals surface area contributed by atoms with E-state index in [0.717, 1.165) is 0 Å². The molecule has 7 heteroatoms. The molecule has 18 heavy (non-hydrogen) atoms. The van der Waals surface area contributed by atoms with Crippen LogP contribution in [0.3, 0.4) is 0 Å². The molecule has 0 aliphatic carbocycles. The molecule has 98 valence electrons. The van der Waals surface area contributed by atoms with Gasteiger partial charge in [-0.05, 0) is 19.1 Å². The van der Waals surface area contributed by atoms with Crippen LogP contribution in [0.15, 0.2) is 18.3 Å². The summed E-state index contributed by atoms with van der Waals surface area (Å²) in [7, 11) is -1.05. The monoisotopic (exact) mass is 270 g/mol. The molecule has 0 saturated heterocycles. The Morgan fingerprint density at radius 1 is 1.56 bits per heavy atom. The minimum Gasteiger partial charge on any atom is -0.478 e. The normalized spacial score (nSPS) is 13.7. The van der Waals surface area contributed by atoms with E-state index in [1.807, 2.05) is 0 Å². The quantitative estimate of drug-likeness (QED) is 0.801. The van der Waals surface area contributed by atoms with E-state index in [2.05, 4.69) is 10.3 Å². The summed E-state index contributed by atoms with van der Waals surface area (Å²) in [5.74, 6) is -1.79. The number of rotatable bonds is 5. The molecule has 0 radical (unpaired) electrons. The van der Waals surface area contributed by atoms with Crippen molar-refractivity contribution in [1.29, 1.82) is 0 Å². The first kappa shape index (κ1) is 14.3. The van der Waals surface area contributed by atoms with Gasteiger partial charge in [-0.15, -0.1) is 0 Å². The second kappa shape index (κ2) is 6.25. The first-order valence-electron chi connectivity index (χ1n) is 5.22. The van der Waals surface area contributed by atoms with E-state index >= 15 is 0 Å². The van der Waals surface area contributed by atoms with Crippen molar-refractivity contribution in [2.24, 2.45) is 0 Å². The number of nitrogens with zero attached hydrogens (tertiary/aromatic N) is 1. The Balaban J connectivity index is 2.79. The fourth-order valence-corrected chi connectivity index (χ4v) is 1.51. The molecule has 1 amide bonds. The lowest BCUT2D eigenvalue weighted by atomic mass is 10.2. The molecule has 0 aromatic carbocycles. The van der Waals surface area contributed by atoms with Gasteiger partial charge in [-0.25, -0.2) is 4.79 Å². The lowest BCUT2D eigenvalue weighted by molar-refractivity contribution is 0.0690. The first-order chi connectivity index (χ1) is 8.43. The third kappa shape index (κ3) is 3.63. The van der Waals surface area contributed by atoms with E-state index in [1.165, 1.54) is 18.3 Å². The lowest BCUT2D eigenvalue weighted by Crippen LogP contribution is -2.34. The Bertz CT molecular complexity index is 490. The van der Waals surface area contributed by atoms with Crippen molar-refractivity contribution < 1.29 is 18.9 Å². The number of carboxylic acids is 1. The van der Waals surface area contributed by atoms with E-state index < -0.39 is 22.7 Å². The van der Waals surface area contributed by atoms with Crippen LogP contribution in [0.2, 0.25) is 0 Å². The molecule has 0 fully saturated rings. The Morgan fingerprint density at radius 3 is 2.78 bits per heavy atom. The van der Waals surface area contributed by atoms with Crippen LogP contribution in [0.4, 0.5) is 0 Å². The summed E-state index contributed by atoms with van der Waals surface area (Å²) in [5.41, 5.74) is -0.292. The Morgan fingerprint density at radius 2 is 2.22 bits per heavy atom. The molecule has 6 nitrogen and oxygen atoms in total. The number of amides is 1. The van der Waals surface area contributed by atoms with Crippen LogP contribution in [0.5, 0.6) is 0 Å². The van der Waals surface area contributed by atoms with Crippen molar-refractivity contribution in [3.8, 4) is 0 Å². The molecule has 0 aliphatic rings. The summed E-state index contributed by atoms with van der Waals surface area (Å²) in [6.45, 7) is 1.94. The zero-order chi connectivity index (χ0) is 13.7. The average Bonchev–Trinajstić information content (AvgIpc) is 2.35. The maximum atomic E-state index is 11.8. The largest absolute Gasteiger partial charge is 0.478 e. The summed E-state index contributed by atoms with van der Waals surface area (Å²) in [6, 6.07) is 2.76. The predicted octanol–water partition coefficient (Wildman–Crippen LogP) is 0.277. The van der Waals surface area contributed by atoms with Gasteiger partial charge in [-0.2, -0.15) is 0 Å². The van der Waals surface area contributed by atoms with E-state index in [0.29, 0.717) is 0 Å². The summed E-state index contributed by atoms with van der Waals surface area (Å²) in [4.78, 5) is 26.4. The molecule has 1 aromatic heterocycles. The number of pyridine rings is 1. The highest BCUT2D eigenvalue weighted by Gasteiger charge is 2.18. The Kier molecular flexibility index (Phi) is 4.96. The van der Waals surface area contributed by atoms with E-state index in [1.54, 1.807) is 13.2 Å². The van der Waals surface area contributed by atoms with Crippen molar-refractivity contribution in [3.05, 3.63) is 29.6 Å². The van der Waals surface area contributed by atoms with Gasteiger partial charge in [-0.1, -0.05) is 0 Å². The van der Waals surface area contributed by atoms with Crippen LogP contribution in [0.1, 0.15) is 27.8 Å². The van der Waals surface area contributed by atoms with Gasteiger partial charge < -0.3 is 10.4 Å². The molecule has 0 aliphatic heterocycles. The standard InChI is InChI=1S/C11H14N2O4S/c1-7(18(2)17)6-13-10(14)9-8(11(15)16)4-3-5-12-9/h3-5,7H,6H2,1-2H3,(H,13,14)(H,15,16). The number of aromatic carboxylic acids is 1. The van der Waals surface area contributed by atoms with Crippen molar-refractivity contribution in [2.75, 3.05) is 12.8 Å². The predicted molar refractivity (Wildman–Crippen MR) is 67.1 cm³/mol. The summed E-state index contributed by atoms with van der Waals surface area (Å²) >= 11 is 0. The Labute approximate surface area is 107 Å². The highest BCUT2D eigenvalue weighted by molar-refractivity contribution is 7.84. The second-order valence-corrected chi connectivity index (χ2v) is 5.53. The second-order valence-electron chi connectivity index (χ2n) is 3.72. The van der Waals surface area contributed by atoms with Crippen molar-refractivity contribution >= 4 is 22.7 Å². The minimum absolute atomic E-state index is 0.140. The van der Waals surface area contributed by atoms with E-state index in [-0.39, 0.29) is 23.1 Å². The molecule has 1 heterocycles. The van der Waals surface area contributed by atoms with E-state index in [9.17, 15) is 13.8 Å². The molecule has 1 aromatic rings. The molecule has 0 saturated carbocycles. The van der Waals surface area contributed by atoms with Crippen LogP contribution < -0.4 is 5.32 Å². The van der Waals surface area contributed by atoms with Gasteiger partial charge >= 0.3 is 5.97 Å². The molecule has 2 N–H and O–H groups in total. The number of hydrogen-bond donors (Lipinski definition) is 2. The van der Waals surface area contributed by atoms with Crippen LogP contribution >= 0.6 is 0 Å². The Hall–Kier alpha value is -1.76. The van der Waals surface area contributed by atoms with Crippen LogP contribution in [-0.4, -0.2) is 44.2 Å². The smallest absolute Gasteiger partial charge is 0.338 e. The topological polar surface area (TPSA) is 96.4 Å². The van der Waals surface area contributed by atoms with Gasteiger partial charge in [0, 0.05) is 35.0 Å². The third-order valence-electron chi connectivity index (χ3n) is 2.37. The number of aromatic nitrogens is 1. The number of carbonyl (C=O) groups is 2. The maximum absolute atomic E-state index is 11.8. The van der Waals surface area contributed by atoms with Crippen molar-refractivity contribution in [1.82, 2.24) is 10.3 Å². The summed E-state index contributed by atoms with van der Waals surface area (Å²) < 4.78 is 11.1. The zero-order valence-corrected chi connectivity index (χ0v) is 10.9. The number of carboxylic acid groups (broad SMARTS) is 1. The fourth-order valence-electron chi connectivity index (χ4n) is 1.20. The SMILES string of the molecule is CC(CNC(=O)c1ncccc1C(=O)O)S(C)=O. The molecule has 2 unspecified atom stereocenters. The molecule has 0 bridgehead atoms. The zero-order valence-electron chi connectivity index (χ0n) is 10.0. The summed E-state index contributed by atoms with van der Waals surface area (Å²) in [6.07, 6.45) is 2.89. The number of carbonyl (C=O) groups excluding carboxylic acids is 1. The van der Waals surface area contributed by atoms with Crippen LogP contribution in [-0.2, 0) is 10.8 Å². The van der Waals surface area contributed by atoms with Gasteiger partial charge in [0.15, 0.2) is 0 Å². The van der Waals surface area contributed by atoms with E-state index in [4.69, 9.17) is 5.11 Å². The highest BCUT2D eigenvalue weighted by atomic mass is 32.2. The molecule has 0 spiro atoms. The van der Waals surface area contributed by atoms with Gasteiger partial charge in [0.1, 0.15) is 5.69 Å². The van der Waals surface area contributed by atoms with Crippen molar-refractivity contribution in [3.63, 3.8) is 0 Å². The molecule has 2 atom stereocenters. The molecular weight excluding hydrogens is 256 g/mol. The van der Waals surface area contributed by atoms with Gasteiger partial charge in [0.25, 0.3) is 5.91 Å². The van der Waals surface area contributed by atoms with Crippen LogP contribution in [0, 0.1) is 0 Å². The average molecular weight is 270 g/mol. The summed E-state index contributed by atoms with van der Waals surface area (Å²) in [5, 5.41) is 11.2.